The van der Waals surface area contributed by atoms with Crippen molar-refractivity contribution >= 4 is 5.97 Å². The van der Waals surface area contributed by atoms with Crippen LogP contribution in [0.2, 0.25) is 0 Å². The van der Waals surface area contributed by atoms with Crippen LogP contribution in [-0.2, 0) is 9.53 Å². The van der Waals surface area contributed by atoms with Crippen LogP contribution in [0.3, 0.4) is 0 Å². The van der Waals surface area contributed by atoms with E-state index in [1.807, 2.05) is 26.8 Å². The lowest BCUT2D eigenvalue weighted by Gasteiger charge is -2.20. The van der Waals surface area contributed by atoms with Crippen molar-refractivity contribution < 1.29 is 9.53 Å². The number of carbonyl (C=O) groups excluding carboxylic acids is 1. The third-order valence-electron chi connectivity index (χ3n) is 1.60. The van der Waals surface area contributed by atoms with Crippen LogP contribution >= 0.6 is 0 Å². The summed E-state index contributed by atoms with van der Waals surface area (Å²) in [6, 6.07) is 0. The highest BCUT2D eigenvalue weighted by atomic mass is 16.5. The molecule has 0 aromatic rings. The Morgan fingerprint density at radius 3 is 2.36 bits per heavy atom. The molecule has 0 bridgehead atoms. The van der Waals surface area contributed by atoms with Crippen LogP contribution < -0.4 is 0 Å². The van der Waals surface area contributed by atoms with Crippen molar-refractivity contribution in [2.75, 3.05) is 0 Å². The molecule has 0 spiro atoms. The number of hydrogen-bond donors (Lipinski definition) is 0. The second-order valence-corrected chi connectivity index (χ2v) is 3.85. The van der Waals surface area contributed by atoms with Gasteiger partial charge in [0.2, 0.25) is 0 Å². The third-order valence-corrected chi connectivity index (χ3v) is 1.60. The van der Waals surface area contributed by atoms with Gasteiger partial charge in [0.15, 0.2) is 0 Å². The summed E-state index contributed by atoms with van der Waals surface area (Å²) in [7, 11) is 0. The summed E-state index contributed by atoms with van der Waals surface area (Å²) >= 11 is 0. The Morgan fingerprint density at radius 2 is 2.09 bits per heavy atom. The lowest BCUT2D eigenvalue weighted by Crippen LogP contribution is -2.23. The minimum Gasteiger partial charge on any atom is -0.431 e. The van der Waals surface area contributed by atoms with E-state index in [0.717, 1.165) is 18.6 Å². The van der Waals surface area contributed by atoms with Crippen LogP contribution in [0.25, 0.3) is 0 Å². The van der Waals surface area contributed by atoms with Crippen molar-refractivity contribution in [1.82, 2.24) is 0 Å². The number of rotatable bonds is 1. The minimum absolute atomic E-state index is 0.136. The molecule has 0 aliphatic heterocycles. The van der Waals surface area contributed by atoms with Gasteiger partial charge in [-0.15, -0.1) is 0 Å². The fraction of sp³-hybridized carbons (Fsp3) is 0.667. The van der Waals surface area contributed by atoms with Crippen molar-refractivity contribution in [3.05, 3.63) is 11.8 Å². The molecule has 1 aliphatic rings. The molecule has 0 unspecified atom stereocenters. The monoisotopic (exact) mass is 154 g/mol. The standard InChI is InChI=1S/C9H14O2/c1-9(2,3)8(10)11-7-5-4-6-7/h5H,4,6H2,1-3H3. The summed E-state index contributed by atoms with van der Waals surface area (Å²) in [5, 5.41) is 0. The molecule has 1 rings (SSSR count). The zero-order valence-corrected chi connectivity index (χ0v) is 7.31. The zero-order valence-electron chi connectivity index (χ0n) is 7.31. The van der Waals surface area contributed by atoms with Gasteiger partial charge in [0.05, 0.1) is 5.41 Å². The van der Waals surface area contributed by atoms with Gasteiger partial charge in [-0.2, -0.15) is 0 Å². The highest BCUT2D eigenvalue weighted by Crippen LogP contribution is 2.24. The molecule has 0 amide bonds. The summed E-state index contributed by atoms with van der Waals surface area (Å²) in [4.78, 5) is 11.2. The highest BCUT2D eigenvalue weighted by Gasteiger charge is 2.25. The zero-order chi connectivity index (χ0) is 8.48. The predicted molar refractivity (Wildman–Crippen MR) is 42.9 cm³/mol. The molecule has 2 nitrogen and oxygen atoms in total. The number of esters is 1. The number of allylic oxidation sites excluding steroid dienone is 2. The van der Waals surface area contributed by atoms with Crippen LogP contribution in [0.1, 0.15) is 33.6 Å². The quantitative estimate of drug-likeness (QED) is 0.541. The van der Waals surface area contributed by atoms with E-state index >= 15 is 0 Å². The first-order valence-corrected chi connectivity index (χ1v) is 3.91. The maximum Gasteiger partial charge on any atom is 0.316 e. The average molecular weight is 154 g/mol. The molecule has 0 radical (unpaired) electrons. The van der Waals surface area contributed by atoms with Crippen molar-refractivity contribution in [2.24, 2.45) is 5.41 Å². The topological polar surface area (TPSA) is 26.3 Å². The first-order valence-electron chi connectivity index (χ1n) is 3.91. The third kappa shape index (κ3) is 2.07. The lowest BCUT2D eigenvalue weighted by molar-refractivity contribution is -0.149. The number of ether oxygens (including phenoxy) is 1. The van der Waals surface area contributed by atoms with Crippen molar-refractivity contribution in [1.29, 1.82) is 0 Å². The molecule has 0 heterocycles. The van der Waals surface area contributed by atoms with Gasteiger partial charge >= 0.3 is 5.97 Å². The molecule has 0 aromatic heterocycles. The number of hydrogen-bond acceptors (Lipinski definition) is 2. The largest absolute Gasteiger partial charge is 0.431 e. The number of carbonyl (C=O) groups is 1. The Kier molecular flexibility index (Phi) is 2.03. The van der Waals surface area contributed by atoms with Gasteiger partial charge < -0.3 is 4.74 Å². The summed E-state index contributed by atoms with van der Waals surface area (Å²) in [6.07, 6.45) is 3.91. The maximum absolute atomic E-state index is 11.2. The van der Waals surface area contributed by atoms with E-state index in [4.69, 9.17) is 4.74 Å². The molecular formula is C9H14O2. The van der Waals surface area contributed by atoms with Crippen LogP contribution in [0, 0.1) is 5.41 Å². The van der Waals surface area contributed by atoms with Crippen LogP contribution in [0.15, 0.2) is 11.8 Å². The Bertz CT molecular complexity index is 196. The molecule has 0 saturated carbocycles. The molecule has 0 aromatic carbocycles. The molecular weight excluding hydrogens is 140 g/mol. The van der Waals surface area contributed by atoms with Crippen molar-refractivity contribution in [3.8, 4) is 0 Å². The summed E-state index contributed by atoms with van der Waals surface area (Å²) in [5.41, 5.74) is -0.379. The van der Waals surface area contributed by atoms with Gasteiger partial charge in [-0.3, -0.25) is 4.79 Å². The van der Waals surface area contributed by atoms with Crippen LogP contribution in [0.5, 0.6) is 0 Å². The second-order valence-electron chi connectivity index (χ2n) is 3.85. The fourth-order valence-electron chi connectivity index (χ4n) is 0.627. The summed E-state index contributed by atoms with van der Waals surface area (Å²) < 4.78 is 5.07. The molecule has 0 fully saturated rings. The first kappa shape index (κ1) is 8.31. The Labute approximate surface area is 67.2 Å². The van der Waals surface area contributed by atoms with Gasteiger partial charge in [-0.1, -0.05) is 0 Å². The minimum atomic E-state index is -0.379. The lowest BCUT2D eigenvalue weighted by atomic mass is 9.97. The van der Waals surface area contributed by atoms with Gasteiger partial charge in [0.25, 0.3) is 0 Å². The fourth-order valence-corrected chi connectivity index (χ4v) is 0.627. The normalized spacial score (nSPS) is 16.8. The van der Waals surface area contributed by atoms with Gasteiger partial charge in [0.1, 0.15) is 5.76 Å². The van der Waals surface area contributed by atoms with E-state index in [1.165, 1.54) is 0 Å². The van der Waals surface area contributed by atoms with Crippen molar-refractivity contribution in [3.63, 3.8) is 0 Å². The Hall–Kier alpha value is -0.790. The van der Waals surface area contributed by atoms with Gasteiger partial charge in [0, 0.05) is 6.42 Å². The Morgan fingerprint density at radius 1 is 1.55 bits per heavy atom. The van der Waals surface area contributed by atoms with Gasteiger partial charge in [-0.25, -0.2) is 0 Å². The van der Waals surface area contributed by atoms with E-state index in [-0.39, 0.29) is 11.4 Å². The molecule has 1 aliphatic carbocycles. The molecule has 0 saturated heterocycles. The molecule has 62 valence electrons. The van der Waals surface area contributed by atoms with E-state index in [0.29, 0.717) is 0 Å². The predicted octanol–water partition coefficient (Wildman–Crippen LogP) is 2.25. The molecule has 11 heavy (non-hydrogen) atoms. The van der Waals surface area contributed by atoms with E-state index in [9.17, 15) is 4.79 Å². The van der Waals surface area contributed by atoms with Crippen LogP contribution in [0.4, 0.5) is 0 Å². The molecule has 0 N–H and O–H groups in total. The molecule has 0 atom stereocenters. The SMILES string of the molecule is CC(C)(C)C(=O)OC1=CCC1. The van der Waals surface area contributed by atoms with Crippen LogP contribution in [-0.4, -0.2) is 5.97 Å². The maximum atomic E-state index is 11.2. The molecule has 2 heteroatoms. The van der Waals surface area contributed by atoms with Gasteiger partial charge in [-0.05, 0) is 33.3 Å². The first-order chi connectivity index (χ1) is 5.00. The van der Waals surface area contributed by atoms with E-state index < -0.39 is 0 Å². The van der Waals surface area contributed by atoms with Crippen molar-refractivity contribution in [2.45, 2.75) is 33.6 Å². The second kappa shape index (κ2) is 2.68. The van der Waals surface area contributed by atoms with E-state index in [2.05, 4.69) is 0 Å². The average Bonchev–Trinajstić information content (AvgIpc) is 1.75. The highest BCUT2D eigenvalue weighted by molar-refractivity contribution is 5.76. The summed E-state index contributed by atoms with van der Waals surface area (Å²) in [6.45, 7) is 5.57. The Balaban J connectivity index is 2.43. The summed E-state index contributed by atoms with van der Waals surface area (Å²) in [5.74, 6) is 0.702. The van der Waals surface area contributed by atoms with E-state index in [1.54, 1.807) is 0 Å². The smallest absolute Gasteiger partial charge is 0.316 e.